The fourth-order valence-corrected chi connectivity index (χ4v) is 5.77. The van der Waals surface area contributed by atoms with Crippen molar-refractivity contribution in [2.24, 2.45) is 5.73 Å². The Balaban J connectivity index is 1.54. The van der Waals surface area contributed by atoms with E-state index in [2.05, 4.69) is 17.6 Å². The standard InChI is InChI=1S/C26H37N5O3/c1-4-30-22(16-19-9-10-20(24(27)28)17-23(19)30)12-11-21-8-7-15-31(21)25(33)26(34-18(2)32)13-5-6-14-29(26)3/h9-10,16-17,21H,4-8,11-15H2,1-3H3,(H3,27,28). The van der Waals surface area contributed by atoms with Gasteiger partial charge in [0.15, 0.2) is 0 Å². The predicted octanol–water partition coefficient (Wildman–Crippen LogP) is 3.24. The number of nitrogens with two attached hydrogens (primary N) is 1. The molecule has 0 spiro atoms. The summed E-state index contributed by atoms with van der Waals surface area (Å²) in [5.41, 5.74) is 7.57. The van der Waals surface area contributed by atoms with Crippen molar-refractivity contribution in [1.29, 1.82) is 5.41 Å². The molecule has 34 heavy (non-hydrogen) atoms. The third-order valence-electron chi connectivity index (χ3n) is 7.51. The zero-order chi connectivity index (χ0) is 24.5. The number of carbonyl (C=O) groups is 2. The van der Waals surface area contributed by atoms with Gasteiger partial charge in [-0.25, -0.2) is 0 Å². The van der Waals surface area contributed by atoms with Crippen LogP contribution in [0.15, 0.2) is 24.3 Å². The molecule has 2 aromatic rings. The summed E-state index contributed by atoms with van der Waals surface area (Å²) in [6.45, 7) is 5.79. The largest absolute Gasteiger partial charge is 0.434 e. The topological polar surface area (TPSA) is 105 Å². The molecular weight excluding hydrogens is 430 g/mol. The van der Waals surface area contributed by atoms with Crippen LogP contribution in [0.2, 0.25) is 0 Å². The number of fused-ring (bicyclic) bond motifs is 1. The molecule has 0 aliphatic carbocycles. The molecule has 2 unspecified atom stereocenters. The van der Waals surface area contributed by atoms with Crippen molar-refractivity contribution in [2.75, 3.05) is 20.1 Å². The Labute approximate surface area is 201 Å². The maximum atomic E-state index is 13.8. The number of aryl methyl sites for hydroxylation is 2. The van der Waals surface area contributed by atoms with Crippen LogP contribution in [0.3, 0.4) is 0 Å². The van der Waals surface area contributed by atoms with Crippen molar-refractivity contribution in [3.8, 4) is 0 Å². The summed E-state index contributed by atoms with van der Waals surface area (Å²) in [7, 11) is 1.89. The Morgan fingerprint density at radius 2 is 2.00 bits per heavy atom. The number of rotatable bonds is 7. The van der Waals surface area contributed by atoms with Crippen molar-refractivity contribution < 1.29 is 14.3 Å². The summed E-state index contributed by atoms with van der Waals surface area (Å²) in [5.74, 6) is -0.397. The molecule has 0 radical (unpaired) electrons. The highest BCUT2D eigenvalue weighted by Crippen LogP contribution is 2.34. The van der Waals surface area contributed by atoms with Gasteiger partial charge in [-0.05, 0) is 70.0 Å². The minimum Gasteiger partial charge on any atom is -0.434 e. The van der Waals surface area contributed by atoms with Gasteiger partial charge in [0.05, 0.1) is 0 Å². The van der Waals surface area contributed by atoms with Gasteiger partial charge < -0.3 is 19.9 Å². The normalized spacial score (nSPS) is 23.4. The van der Waals surface area contributed by atoms with E-state index in [0.29, 0.717) is 13.0 Å². The lowest BCUT2D eigenvalue weighted by Gasteiger charge is -2.45. The van der Waals surface area contributed by atoms with Crippen molar-refractivity contribution in [3.05, 3.63) is 35.5 Å². The monoisotopic (exact) mass is 467 g/mol. The fraction of sp³-hybridized carbons (Fsp3) is 0.577. The van der Waals surface area contributed by atoms with Gasteiger partial charge in [0.25, 0.3) is 5.91 Å². The van der Waals surface area contributed by atoms with E-state index in [9.17, 15) is 9.59 Å². The molecule has 2 atom stereocenters. The van der Waals surface area contributed by atoms with Crippen molar-refractivity contribution >= 4 is 28.6 Å². The molecule has 8 heteroatoms. The van der Waals surface area contributed by atoms with Gasteiger partial charge in [-0.15, -0.1) is 0 Å². The number of aromatic nitrogens is 1. The zero-order valence-electron chi connectivity index (χ0n) is 20.6. The average molecular weight is 468 g/mol. The highest BCUT2D eigenvalue weighted by Gasteiger charge is 2.51. The van der Waals surface area contributed by atoms with Gasteiger partial charge in [-0.3, -0.25) is 19.9 Å². The highest BCUT2D eigenvalue weighted by atomic mass is 16.6. The van der Waals surface area contributed by atoms with Crippen LogP contribution in [-0.2, 0) is 27.3 Å². The van der Waals surface area contributed by atoms with E-state index in [4.69, 9.17) is 15.9 Å². The third kappa shape index (κ3) is 4.43. The Morgan fingerprint density at radius 3 is 2.68 bits per heavy atom. The van der Waals surface area contributed by atoms with Gasteiger partial charge in [0.2, 0.25) is 5.72 Å². The SMILES string of the molecule is CCn1c(CCC2CCCN2C(=O)C2(OC(C)=O)CCCCN2C)cc2ccc(C(=N)N)cc21. The van der Waals surface area contributed by atoms with Gasteiger partial charge in [-0.2, -0.15) is 0 Å². The second-order valence-corrected chi connectivity index (χ2v) is 9.66. The number of nitrogens with one attached hydrogen (secondary N) is 1. The fourth-order valence-electron chi connectivity index (χ4n) is 5.77. The molecule has 2 fully saturated rings. The van der Waals surface area contributed by atoms with Crippen molar-refractivity contribution in [2.45, 2.75) is 77.1 Å². The molecule has 3 heterocycles. The summed E-state index contributed by atoms with van der Waals surface area (Å²) in [4.78, 5) is 29.7. The van der Waals surface area contributed by atoms with Crippen LogP contribution < -0.4 is 5.73 Å². The van der Waals surface area contributed by atoms with Crippen LogP contribution in [0.5, 0.6) is 0 Å². The smallest absolute Gasteiger partial charge is 0.304 e. The second-order valence-electron chi connectivity index (χ2n) is 9.66. The van der Waals surface area contributed by atoms with Crippen LogP contribution >= 0.6 is 0 Å². The van der Waals surface area contributed by atoms with Gasteiger partial charge in [0, 0.05) is 55.8 Å². The molecule has 3 N–H and O–H groups in total. The number of amides is 1. The summed E-state index contributed by atoms with van der Waals surface area (Å²) < 4.78 is 8.02. The number of likely N-dealkylation sites (N-methyl/N-ethyl adjacent to an activating group) is 1. The van der Waals surface area contributed by atoms with Gasteiger partial charge >= 0.3 is 5.97 Å². The molecule has 8 nitrogen and oxygen atoms in total. The van der Waals surface area contributed by atoms with Crippen molar-refractivity contribution in [3.63, 3.8) is 0 Å². The van der Waals surface area contributed by atoms with E-state index in [-0.39, 0.29) is 17.8 Å². The number of carbonyl (C=O) groups excluding carboxylic acids is 2. The molecule has 184 valence electrons. The van der Waals surface area contributed by atoms with Crippen molar-refractivity contribution in [1.82, 2.24) is 14.4 Å². The number of nitrogen functional groups attached to an aromatic ring is 1. The predicted molar refractivity (Wildman–Crippen MR) is 133 cm³/mol. The van der Waals surface area contributed by atoms with E-state index in [0.717, 1.165) is 68.1 Å². The lowest BCUT2D eigenvalue weighted by Crippen LogP contribution is -2.63. The Bertz CT molecular complexity index is 1090. The molecule has 2 aliphatic heterocycles. The molecular formula is C26H37N5O3. The van der Waals surface area contributed by atoms with Crippen LogP contribution in [0.4, 0.5) is 0 Å². The summed E-state index contributed by atoms with van der Waals surface area (Å²) in [6, 6.07) is 8.23. The third-order valence-corrected chi connectivity index (χ3v) is 7.51. The first-order valence-corrected chi connectivity index (χ1v) is 12.4. The molecule has 4 rings (SSSR count). The van der Waals surface area contributed by atoms with Crippen LogP contribution in [0, 0.1) is 5.41 Å². The van der Waals surface area contributed by atoms with Crippen LogP contribution in [0.1, 0.15) is 63.6 Å². The summed E-state index contributed by atoms with van der Waals surface area (Å²) >= 11 is 0. The minimum absolute atomic E-state index is 0.0606. The van der Waals surface area contributed by atoms with E-state index >= 15 is 0 Å². The number of esters is 1. The van der Waals surface area contributed by atoms with Gasteiger partial charge in [-0.1, -0.05) is 12.1 Å². The molecule has 2 aliphatic rings. The van der Waals surface area contributed by atoms with E-state index < -0.39 is 11.7 Å². The van der Waals surface area contributed by atoms with Crippen LogP contribution in [0.25, 0.3) is 10.9 Å². The van der Waals surface area contributed by atoms with E-state index in [1.54, 1.807) is 0 Å². The van der Waals surface area contributed by atoms with Crippen LogP contribution in [-0.4, -0.2) is 64.0 Å². The maximum Gasteiger partial charge on any atom is 0.304 e. The number of likely N-dealkylation sites (tertiary alicyclic amines) is 2. The first-order chi connectivity index (χ1) is 16.3. The molecule has 1 amide bonds. The number of piperidine rings is 1. The van der Waals surface area contributed by atoms with Gasteiger partial charge in [0.1, 0.15) is 5.84 Å². The van der Waals surface area contributed by atoms with E-state index in [1.807, 2.05) is 35.0 Å². The molecule has 1 aromatic carbocycles. The van der Waals surface area contributed by atoms with E-state index in [1.165, 1.54) is 12.6 Å². The average Bonchev–Trinajstić information content (AvgIpc) is 3.41. The zero-order valence-corrected chi connectivity index (χ0v) is 20.6. The quantitative estimate of drug-likeness (QED) is 0.370. The number of nitrogens with zero attached hydrogens (tertiary/aromatic N) is 3. The highest BCUT2D eigenvalue weighted by molar-refractivity contribution is 5.98. The number of hydrogen-bond acceptors (Lipinski definition) is 5. The number of amidine groups is 1. The molecule has 0 saturated carbocycles. The lowest BCUT2D eigenvalue weighted by molar-refractivity contribution is -0.201. The minimum atomic E-state index is -1.17. The second kappa shape index (κ2) is 9.78. The maximum absolute atomic E-state index is 13.8. The Hall–Kier alpha value is -2.87. The summed E-state index contributed by atoms with van der Waals surface area (Å²) in [6.07, 6.45) is 6.07. The molecule has 2 saturated heterocycles. The lowest BCUT2D eigenvalue weighted by atomic mass is 9.96. The molecule has 1 aromatic heterocycles. The number of benzene rings is 1. The summed E-state index contributed by atoms with van der Waals surface area (Å²) in [5, 5.41) is 8.89. The molecule has 0 bridgehead atoms. The Morgan fingerprint density at radius 1 is 1.21 bits per heavy atom. The number of ether oxygens (including phenoxy) is 1. The number of hydrogen-bond donors (Lipinski definition) is 2. The first-order valence-electron chi connectivity index (χ1n) is 12.4. The first kappa shape index (κ1) is 24.3. The Kier molecular flexibility index (Phi) is 6.98.